The van der Waals surface area contributed by atoms with Crippen LogP contribution >= 0.6 is 24.0 Å². The van der Waals surface area contributed by atoms with Crippen molar-refractivity contribution < 1.29 is 0 Å². The predicted molar refractivity (Wildman–Crippen MR) is 108 cm³/mol. The Labute approximate surface area is 160 Å². The fourth-order valence-electron chi connectivity index (χ4n) is 2.83. The monoisotopic (exact) mass is 440 g/mol. The molecule has 0 saturated carbocycles. The molecule has 0 unspecified atom stereocenters. The molecule has 1 aromatic heterocycles. The molecule has 0 spiro atoms. The number of nitrogens with zero attached hydrogens (tertiary/aromatic N) is 4. The number of aryl methyl sites for hydroxylation is 2. The minimum absolute atomic E-state index is 0. The summed E-state index contributed by atoms with van der Waals surface area (Å²) in [7, 11) is 0. The number of rotatable bonds is 4. The van der Waals surface area contributed by atoms with Crippen LogP contribution in [0.5, 0.6) is 0 Å². The Hall–Kier alpha value is -1.64. The first-order valence-corrected chi connectivity index (χ1v) is 8.33. The van der Waals surface area contributed by atoms with Crippen LogP contribution in [0.3, 0.4) is 0 Å². The molecule has 2 heterocycles. The molecule has 1 aliphatic rings. The highest BCUT2D eigenvalue weighted by atomic mass is 127. The summed E-state index contributed by atoms with van der Waals surface area (Å²) in [5.41, 5.74) is 8.23. The first kappa shape index (κ1) is 18.7. The van der Waals surface area contributed by atoms with Gasteiger partial charge in [-0.25, -0.2) is 4.99 Å². The number of aliphatic imine (C=N–C) groups is 1. The van der Waals surface area contributed by atoms with Crippen molar-refractivity contribution in [3.8, 4) is 0 Å². The van der Waals surface area contributed by atoms with Crippen LogP contribution in [0.25, 0.3) is 0 Å². The molecule has 0 aliphatic carbocycles. The molecule has 2 aromatic rings. The number of nitrogens with one attached hydrogen (secondary N) is 1. The van der Waals surface area contributed by atoms with Gasteiger partial charge in [0.1, 0.15) is 12.4 Å². The fourth-order valence-corrected chi connectivity index (χ4v) is 2.83. The minimum atomic E-state index is 0. The van der Waals surface area contributed by atoms with Crippen molar-refractivity contribution in [2.24, 2.45) is 10.7 Å². The lowest BCUT2D eigenvalue weighted by Crippen LogP contribution is -2.23. The lowest BCUT2D eigenvalue weighted by Gasteiger charge is -2.07. The summed E-state index contributed by atoms with van der Waals surface area (Å²) in [6, 6.07) is 8.22. The van der Waals surface area contributed by atoms with E-state index in [4.69, 9.17) is 5.73 Å². The average molecular weight is 440 g/mol. The summed E-state index contributed by atoms with van der Waals surface area (Å²) in [5.74, 6) is 2.38. The van der Waals surface area contributed by atoms with Gasteiger partial charge in [0.05, 0.1) is 0 Å². The normalized spacial score (nSPS) is 14.5. The smallest absolute Gasteiger partial charge is 0.193 e. The van der Waals surface area contributed by atoms with Crippen LogP contribution in [0.1, 0.15) is 43.4 Å². The molecule has 6 nitrogen and oxygen atoms in total. The first-order chi connectivity index (χ1) is 11.3. The third kappa shape index (κ3) is 4.68. The molecular formula is C17H25IN6. The van der Waals surface area contributed by atoms with E-state index in [9.17, 15) is 0 Å². The third-order valence-electron chi connectivity index (χ3n) is 4.21. The number of anilines is 1. The molecular weight excluding hydrogens is 415 g/mol. The Morgan fingerprint density at radius 1 is 1.21 bits per heavy atom. The lowest BCUT2D eigenvalue weighted by molar-refractivity contribution is 0.606. The molecule has 0 saturated heterocycles. The second-order valence-electron chi connectivity index (χ2n) is 5.87. The fraction of sp³-hybridized carbons (Fsp3) is 0.471. The molecule has 7 heteroatoms. The summed E-state index contributed by atoms with van der Waals surface area (Å²) >= 11 is 0. The van der Waals surface area contributed by atoms with Crippen molar-refractivity contribution in [3.63, 3.8) is 0 Å². The molecule has 3 rings (SSSR count). The summed E-state index contributed by atoms with van der Waals surface area (Å²) in [6.07, 6.45) is 5.66. The molecule has 130 valence electrons. The quantitative estimate of drug-likeness (QED) is 0.435. The van der Waals surface area contributed by atoms with E-state index in [1.54, 1.807) is 0 Å². The largest absolute Gasteiger partial charge is 0.370 e. The van der Waals surface area contributed by atoms with Crippen LogP contribution in [0.15, 0.2) is 29.3 Å². The maximum Gasteiger partial charge on any atom is 0.193 e. The average Bonchev–Trinajstić information content (AvgIpc) is 2.80. The second kappa shape index (κ2) is 9.00. The number of halogens is 1. The molecule has 0 fully saturated rings. The van der Waals surface area contributed by atoms with E-state index in [-0.39, 0.29) is 24.0 Å². The van der Waals surface area contributed by atoms with Gasteiger partial charge in [0.2, 0.25) is 0 Å². The maximum absolute atomic E-state index is 5.98. The van der Waals surface area contributed by atoms with E-state index in [1.807, 2.05) is 12.1 Å². The van der Waals surface area contributed by atoms with Crippen molar-refractivity contribution in [2.75, 3.05) is 5.32 Å². The van der Waals surface area contributed by atoms with E-state index in [0.29, 0.717) is 12.5 Å². The van der Waals surface area contributed by atoms with Crippen molar-refractivity contribution in [2.45, 2.75) is 52.1 Å². The Kier molecular flexibility index (Phi) is 7.01. The molecule has 0 bridgehead atoms. The van der Waals surface area contributed by atoms with Gasteiger partial charge in [-0.3, -0.25) is 0 Å². The standard InChI is InChI=1S/C17H24N6.HI/c1-2-13-7-9-14(10-8-13)20-17(18)19-12-16-22-21-15-6-4-3-5-11-23(15)16;/h7-10H,2-6,11-12H2,1H3,(H3,18,19,20);1H. The Bertz CT molecular complexity index is 677. The second-order valence-corrected chi connectivity index (χ2v) is 5.87. The maximum atomic E-state index is 5.98. The predicted octanol–water partition coefficient (Wildman–Crippen LogP) is 3.11. The van der Waals surface area contributed by atoms with Gasteiger partial charge in [0, 0.05) is 18.7 Å². The summed E-state index contributed by atoms with van der Waals surface area (Å²) in [5, 5.41) is 11.7. The van der Waals surface area contributed by atoms with Gasteiger partial charge in [-0.1, -0.05) is 25.5 Å². The summed E-state index contributed by atoms with van der Waals surface area (Å²) in [6.45, 7) is 3.58. The Balaban J connectivity index is 0.00000208. The number of benzene rings is 1. The number of guanidine groups is 1. The Morgan fingerprint density at radius 3 is 2.75 bits per heavy atom. The van der Waals surface area contributed by atoms with E-state index >= 15 is 0 Å². The van der Waals surface area contributed by atoms with Crippen LogP contribution in [0, 0.1) is 0 Å². The van der Waals surface area contributed by atoms with Gasteiger partial charge < -0.3 is 15.6 Å². The highest BCUT2D eigenvalue weighted by Crippen LogP contribution is 2.15. The molecule has 3 N–H and O–H groups in total. The van der Waals surface area contributed by atoms with Crippen molar-refractivity contribution in [1.82, 2.24) is 14.8 Å². The van der Waals surface area contributed by atoms with Crippen molar-refractivity contribution in [3.05, 3.63) is 41.5 Å². The number of hydrogen-bond donors (Lipinski definition) is 2. The third-order valence-corrected chi connectivity index (χ3v) is 4.21. The van der Waals surface area contributed by atoms with Crippen LogP contribution in [-0.4, -0.2) is 20.7 Å². The molecule has 0 radical (unpaired) electrons. The number of hydrogen-bond acceptors (Lipinski definition) is 3. The summed E-state index contributed by atoms with van der Waals surface area (Å²) in [4.78, 5) is 4.40. The zero-order chi connectivity index (χ0) is 16.1. The van der Waals surface area contributed by atoms with Crippen LogP contribution in [-0.2, 0) is 25.9 Å². The van der Waals surface area contributed by atoms with Gasteiger partial charge in [-0.05, 0) is 37.0 Å². The number of aromatic nitrogens is 3. The number of fused-ring (bicyclic) bond motifs is 1. The van der Waals surface area contributed by atoms with Crippen LogP contribution in [0.4, 0.5) is 5.69 Å². The zero-order valence-electron chi connectivity index (χ0n) is 14.0. The molecule has 0 amide bonds. The topological polar surface area (TPSA) is 81.1 Å². The minimum Gasteiger partial charge on any atom is -0.370 e. The van der Waals surface area contributed by atoms with Gasteiger partial charge in [0.25, 0.3) is 0 Å². The van der Waals surface area contributed by atoms with E-state index < -0.39 is 0 Å². The lowest BCUT2D eigenvalue weighted by atomic mass is 10.1. The van der Waals surface area contributed by atoms with Gasteiger partial charge in [0.15, 0.2) is 11.8 Å². The SMILES string of the molecule is CCc1ccc(NC(N)=NCc2nnc3n2CCCCC3)cc1.I. The molecule has 1 aromatic carbocycles. The van der Waals surface area contributed by atoms with Crippen LogP contribution in [0.2, 0.25) is 0 Å². The molecule has 24 heavy (non-hydrogen) atoms. The van der Waals surface area contributed by atoms with E-state index in [0.717, 1.165) is 36.7 Å². The summed E-state index contributed by atoms with van der Waals surface area (Å²) < 4.78 is 2.19. The highest BCUT2D eigenvalue weighted by molar-refractivity contribution is 14.0. The Morgan fingerprint density at radius 2 is 2.00 bits per heavy atom. The van der Waals surface area contributed by atoms with Crippen LogP contribution < -0.4 is 11.1 Å². The van der Waals surface area contributed by atoms with Crippen molar-refractivity contribution in [1.29, 1.82) is 0 Å². The van der Waals surface area contributed by atoms with Crippen molar-refractivity contribution >= 4 is 35.6 Å². The van der Waals surface area contributed by atoms with E-state index in [1.165, 1.54) is 24.8 Å². The highest BCUT2D eigenvalue weighted by Gasteiger charge is 2.14. The molecule has 0 atom stereocenters. The van der Waals surface area contributed by atoms with Gasteiger partial charge in [-0.2, -0.15) is 0 Å². The number of nitrogens with two attached hydrogens (primary N) is 1. The van der Waals surface area contributed by atoms with E-state index in [2.05, 4.69) is 44.1 Å². The zero-order valence-corrected chi connectivity index (χ0v) is 16.4. The van der Waals surface area contributed by atoms with Gasteiger partial charge >= 0.3 is 0 Å². The molecule has 1 aliphatic heterocycles. The first-order valence-electron chi connectivity index (χ1n) is 8.33. The van der Waals surface area contributed by atoms with Gasteiger partial charge in [-0.15, -0.1) is 34.2 Å².